The highest BCUT2D eigenvalue weighted by Gasteiger charge is 2.52. The molecule has 0 aromatic rings. The van der Waals surface area contributed by atoms with Crippen LogP contribution in [0, 0.1) is 0 Å². The molecule has 2 aliphatic rings. The third-order valence-corrected chi connectivity index (χ3v) is 1.72. The van der Waals surface area contributed by atoms with Crippen molar-refractivity contribution in [3.8, 4) is 0 Å². The van der Waals surface area contributed by atoms with Crippen LogP contribution in [0.2, 0.25) is 0 Å². The fourth-order valence-electron chi connectivity index (χ4n) is 1.14. The van der Waals surface area contributed by atoms with Gasteiger partial charge >= 0.3 is 12.3 Å². The van der Waals surface area contributed by atoms with Crippen LogP contribution in [0.3, 0.4) is 0 Å². The Morgan fingerprint density at radius 2 is 1.14 bits per heavy atom. The van der Waals surface area contributed by atoms with Crippen LogP contribution >= 0.6 is 0 Å². The second-order valence-electron chi connectivity index (χ2n) is 2.60. The maximum atomic E-state index is 12.8. The van der Waals surface area contributed by atoms with Gasteiger partial charge in [-0.3, -0.25) is 0 Å². The van der Waals surface area contributed by atoms with Crippen molar-refractivity contribution in [3.63, 3.8) is 0 Å². The summed E-state index contributed by atoms with van der Waals surface area (Å²) in [4.78, 5) is 20.8. The van der Waals surface area contributed by atoms with Crippen molar-refractivity contribution in [1.29, 1.82) is 0 Å². The summed E-state index contributed by atoms with van der Waals surface area (Å²) in [5, 5.41) is 0. The van der Waals surface area contributed by atoms with E-state index in [2.05, 4.69) is 18.9 Å². The lowest BCUT2D eigenvalue weighted by atomic mass is 10.2. The van der Waals surface area contributed by atoms with Crippen molar-refractivity contribution in [1.82, 2.24) is 0 Å². The van der Waals surface area contributed by atoms with E-state index in [9.17, 15) is 18.4 Å². The normalized spacial score (nSPS) is 41.3. The molecule has 0 aromatic heterocycles. The fourth-order valence-corrected chi connectivity index (χ4v) is 1.14. The van der Waals surface area contributed by atoms with Crippen LogP contribution in [0.5, 0.6) is 0 Å². The first-order chi connectivity index (χ1) is 6.58. The van der Waals surface area contributed by atoms with Gasteiger partial charge in [0.25, 0.3) is 12.7 Å². The van der Waals surface area contributed by atoms with Crippen molar-refractivity contribution < 1.29 is 37.3 Å². The second kappa shape index (κ2) is 2.96. The zero-order valence-electron chi connectivity index (χ0n) is 6.51. The molecule has 2 heterocycles. The molecule has 4 unspecified atom stereocenters. The molecule has 2 rings (SSSR count). The summed E-state index contributed by atoms with van der Waals surface area (Å²) < 4.78 is 42.0. The number of ether oxygens (including phenoxy) is 4. The third-order valence-electron chi connectivity index (χ3n) is 1.72. The predicted molar refractivity (Wildman–Crippen MR) is 32.5 cm³/mol. The van der Waals surface area contributed by atoms with Gasteiger partial charge in [0.15, 0.2) is 0 Å². The van der Waals surface area contributed by atoms with E-state index in [4.69, 9.17) is 0 Å². The number of hydrogen-bond acceptors (Lipinski definition) is 6. The molecule has 0 saturated carbocycles. The smallest absolute Gasteiger partial charge is 0.420 e. The molecule has 4 atom stereocenters. The van der Waals surface area contributed by atoms with Crippen molar-refractivity contribution in [2.24, 2.45) is 0 Å². The molecule has 2 saturated heterocycles. The van der Waals surface area contributed by atoms with Gasteiger partial charge in [-0.25, -0.2) is 9.59 Å². The lowest BCUT2D eigenvalue weighted by molar-refractivity contribution is -0.0659. The molecule has 78 valence electrons. The molecule has 0 spiro atoms. The van der Waals surface area contributed by atoms with Crippen molar-refractivity contribution in [2.45, 2.75) is 24.9 Å². The van der Waals surface area contributed by atoms with Gasteiger partial charge < -0.3 is 18.9 Å². The minimum Gasteiger partial charge on any atom is -0.420 e. The topological polar surface area (TPSA) is 71.1 Å². The minimum absolute atomic E-state index is 1.28. The van der Waals surface area contributed by atoms with E-state index in [-0.39, 0.29) is 0 Å². The summed E-state index contributed by atoms with van der Waals surface area (Å²) >= 11 is 0. The summed E-state index contributed by atoms with van der Waals surface area (Å²) in [5.41, 5.74) is 0. The zero-order chi connectivity index (χ0) is 10.3. The van der Waals surface area contributed by atoms with Gasteiger partial charge in [-0.15, -0.1) is 0 Å². The van der Waals surface area contributed by atoms with Gasteiger partial charge in [0.1, 0.15) is 0 Å². The standard InChI is InChI=1S/C6H4F2O6/c7-3-1(11-5(9)13-3)2-4(8)14-6(10)12-2/h1-4H. The number of cyclic esters (lactones) is 4. The molecule has 0 amide bonds. The molecule has 2 fully saturated rings. The first kappa shape index (κ1) is 8.97. The van der Waals surface area contributed by atoms with Gasteiger partial charge in [-0.1, -0.05) is 0 Å². The minimum atomic E-state index is -2.17. The highest BCUT2D eigenvalue weighted by Crippen LogP contribution is 2.28. The Labute approximate surface area is 75.7 Å². The summed E-state index contributed by atoms with van der Waals surface area (Å²) in [6, 6.07) is 0. The molecule has 2 aliphatic heterocycles. The molecular formula is C6H4F2O6. The van der Waals surface area contributed by atoms with Gasteiger partial charge in [-0.05, 0) is 0 Å². The average Bonchev–Trinajstić information content (AvgIpc) is 2.55. The zero-order valence-corrected chi connectivity index (χ0v) is 6.51. The van der Waals surface area contributed by atoms with E-state index in [0.717, 1.165) is 0 Å². The number of rotatable bonds is 1. The highest BCUT2D eigenvalue weighted by atomic mass is 19.2. The maximum Gasteiger partial charge on any atom is 0.511 e. The van der Waals surface area contributed by atoms with Gasteiger partial charge in [0.05, 0.1) is 0 Å². The van der Waals surface area contributed by atoms with Crippen LogP contribution in [-0.4, -0.2) is 37.2 Å². The Bertz CT molecular complexity index is 253. The number of hydrogen-bond donors (Lipinski definition) is 0. The number of carbonyl (C=O) groups excluding carboxylic acids is 2. The quantitative estimate of drug-likeness (QED) is 0.591. The highest BCUT2D eigenvalue weighted by molar-refractivity contribution is 5.64. The van der Waals surface area contributed by atoms with E-state index in [1.807, 2.05) is 0 Å². The monoisotopic (exact) mass is 210 g/mol. The van der Waals surface area contributed by atoms with Gasteiger partial charge in [0.2, 0.25) is 12.2 Å². The van der Waals surface area contributed by atoms with Gasteiger partial charge in [0, 0.05) is 0 Å². The first-order valence-corrected chi connectivity index (χ1v) is 3.60. The Kier molecular flexibility index (Phi) is 1.90. The Balaban J connectivity index is 2.08. The van der Waals surface area contributed by atoms with Crippen molar-refractivity contribution in [3.05, 3.63) is 0 Å². The maximum absolute atomic E-state index is 12.8. The summed E-state index contributed by atoms with van der Waals surface area (Å²) in [6.45, 7) is 0. The largest absolute Gasteiger partial charge is 0.511 e. The average molecular weight is 210 g/mol. The molecule has 0 bridgehead atoms. The van der Waals surface area contributed by atoms with E-state index in [0.29, 0.717) is 0 Å². The van der Waals surface area contributed by atoms with Crippen LogP contribution in [0.4, 0.5) is 18.4 Å². The molecule has 6 nitrogen and oxygen atoms in total. The Hall–Kier alpha value is -1.60. The molecule has 8 heteroatoms. The van der Waals surface area contributed by atoms with E-state index in [1.165, 1.54) is 0 Å². The van der Waals surface area contributed by atoms with Crippen LogP contribution in [0.25, 0.3) is 0 Å². The lowest BCUT2D eigenvalue weighted by Crippen LogP contribution is -2.38. The molecule has 0 radical (unpaired) electrons. The molecule has 0 aromatic carbocycles. The summed E-state index contributed by atoms with van der Waals surface area (Å²) in [5.74, 6) is 0. The van der Waals surface area contributed by atoms with Gasteiger partial charge in [-0.2, -0.15) is 8.78 Å². The SMILES string of the molecule is O=C1OC(F)C(C2OC(=O)OC2F)O1. The lowest BCUT2D eigenvalue weighted by Gasteiger charge is -2.14. The number of alkyl halides is 2. The fraction of sp³-hybridized carbons (Fsp3) is 0.667. The second-order valence-corrected chi connectivity index (χ2v) is 2.60. The number of carbonyl (C=O) groups is 2. The summed E-state index contributed by atoms with van der Waals surface area (Å²) in [7, 11) is 0. The molecule has 0 aliphatic carbocycles. The molecule has 14 heavy (non-hydrogen) atoms. The van der Waals surface area contributed by atoms with Crippen LogP contribution < -0.4 is 0 Å². The van der Waals surface area contributed by atoms with Crippen LogP contribution in [0.1, 0.15) is 0 Å². The summed E-state index contributed by atoms with van der Waals surface area (Å²) in [6.07, 6.45) is -10.1. The third kappa shape index (κ3) is 1.32. The number of halogens is 2. The van der Waals surface area contributed by atoms with Crippen LogP contribution in [-0.2, 0) is 18.9 Å². The van der Waals surface area contributed by atoms with Crippen LogP contribution in [0.15, 0.2) is 0 Å². The molecular weight excluding hydrogens is 206 g/mol. The first-order valence-electron chi connectivity index (χ1n) is 3.60. The van der Waals surface area contributed by atoms with Crippen molar-refractivity contribution >= 4 is 12.3 Å². The predicted octanol–water partition coefficient (Wildman–Crippen LogP) is 0.648. The Morgan fingerprint density at radius 3 is 1.36 bits per heavy atom. The van der Waals surface area contributed by atoms with Crippen molar-refractivity contribution in [2.75, 3.05) is 0 Å². The van der Waals surface area contributed by atoms with E-state index < -0.39 is 37.2 Å². The molecule has 0 N–H and O–H groups in total. The van der Waals surface area contributed by atoms with E-state index in [1.54, 1.807) is 0 Å². The Morgan fingerprint density at radius 1 is 0.786 bits per heavy atom. The van der Waals surface area contributed by atoms with E-state index >= 15 is 0 Å².